The lowest BCUT2D eigenvalue weighted by atomic mass is 10.1. The Kier molecular flexibility index (Phi) is 3.47. The molecule has 1 aromatic carbocycles. The van der Waals surface area contributed by atoms with Crippen LogP contribution in [0.15, 0.2) is 16.6 Å². The van der Waals surface area contributed by atoms with E-state index in [1.165, 1.54) is 12.1 Å². The average molecular weight is 290 g/mol. The van der Waals surface area contributed by atoms with Gasteiger partial charge in [-0.15, -0.1) is 0 Å². The third-order valence-corrected chi connectivity index (χ3v) is 3.43. The number of rotatable bonds is 4. The van der Waals surface area contributed by atoms with Crippen molar-refractivity contribution >= 4 is 21.6 Å². The van der Waals surface area contributed by atoms with Crippen LogP contribution < -0.4 is 5.32 Å². The average Bonchev–Trinajstić information content (AvgIpc) is 3.00. The lowest BCUT2D eigenvalue weighted by molar-refractivity contribution is 0.562. The molecule has 4 heteroatoms. The number of nitrogens with one attached hydrogen (secondary N) is 1. The molecule has 2 rings (SSSR count). The lowest BCUT2D eigenvalue weighted by Crippen LogP contribution is -2.22. The van der Waals surface area contributed by atoms with E-state index in [-0.39, 0.29) is 11.7 Å². The van der Waals surface area contributed by atoms with E-state index in [1.54, 1.807) is 0 Å². The molecule has 1 fully saturated rings. The predicted octanol–water partition coefficient (Wildman–Crippen LogP) is 4.33. The van der Waals surface area contributed by atoms with Crippen molar-refractivity contribution in [3.8, 4) is 0 Å². The molecule has 0 amide bonds. The number of anilines is 1. The molecule has 1 aromatic rings. The molecule has 0 aliphatic heterocycles. The van der Waals surface area contributed by atoms with Crippen LogP contribution in [0.25, 0.3) is 0 Å². The summed E-state index contributed by atoms with van der Waals surface area (Å²) in [7, 11) is 0. The Bertz CT molecular complexity index is 368. The Balaban J connectivity index is 2.19. The molecule has 0 saturated heterocycles. The number of hydrogen-bond donors (Lipinski definition) is 1. The molecular formula is C12H14BrF2N. The molecular weight excluding hydrogens is 276 g/mol. The van der Waals surface area contributed by atoms with E-state index in [2.05, 4.69) is 21.2 Å². The fraction of sp³-hybridized carbons (Fsp3) is 0.500. The van der Waals surface area contributed by atoms with E-state index >= 15 is 0 Å². The van der Waals surface area contributed by atoms with E-state index < -0.39 is 11.6 Å². The van der Waals surface area contributed by atoms with Gasteiger partial charge in [0.15, 0.2) is 0 Å². The van der Waals surface area contributed by atoms with Crippen molar-refractivity contribution in [1.29, 1.82) is 0 Å². The van der Waals surface area contributed by atoms with Gasteiger partial charge >= 0.3 is 0 Å². The molecule has 16 heavy (non-hydrogen) atoms. The van der Waals surface area contributed by atoms with Gasteiger partial charge in [0.05, 0.1) is 0 Å². The van der Waals surface area contributed by atoms with Crippen LogP contribution in [0.3, 0.4) is 0 Å². The zero-order valence-electron chi connectivity index (χ0n) is 9.06. The maximum absolute atomic E-state index is 13.6. The fourth-order valence-electron chi connectivity index (χ4n) is 1.92. The molecule has 1 saturated carbocycles. The Hall–Kier alpha value is -0.640. The van der Waals surface area contributed by atoms with Gasteiger partial charge in [0.1, 0.15) is 17.3 Å². The second kappa shape index (κ2) is 4.70. The van der Waals surface area contributed by atoms with Crippen molar-refractivity contribution in [3.63, 3.8) is 0 Å². The van der Waals surface area contributed by atoms with Gasteiger partial charge < -0.3 is 5.32 Å². The maximum atomic E-state index is 13.6. The highest BCUT2D eigenvalue weighted by molar-refractivity contribution is 9.10. The van der Waals surface area contributed by atoms with E-state index in [9.17, 15) is 8.78 Å². The van der Waals surface area contributed by atoms with Crippen molar-refractivity contribution in [1.82, 2.24) is 0 Å². The summed E-state index contributed by atoms with van der Waals surface area (Å²) in [6.45, 7) is 2.03. The van der Waals surface area contributed by atoms with Gasteiger partial charge in [-0.1, -0.05) is 22.9 Å². The molecule has 1 unspecified atom stereocenters. The van der Waals surface area contributed by atoms with E-state index in [0.29, 0.717) is 10.4 Å². The van der Waals surface area contributed by atoms with Crippen molar-refractivity contribution < 1.29 is 8.78 Å². The van der Waals surface area contributed by atoms with E-state index in [0.717, 1.165) is 19.3 Å². The van der Waals surface area contributed by atoms with Crippen LogP contribution >= 0.6 is 15.9 Å². The smallest absolute Gasteiger partial charge is 0.150 e. The second-order valence-electron chi connectivity index (χ2n) is 4.24. The normalized spacial score (nSPS) is 17.2. The largest absolute Gasteiger partial charge is 0.377 e. The topological polar surface area (TPSA) is 12.0 Å². The summed E-state index contributed by atoms with van der Waals surface area (Å²) in [5.41, 5.74) is 0.00181. The van der Waals surface area contributed by atoms with Gasteiger partial charge in [0, 0.05) is 10.5 Å². The molecule has 1 atom stereocenters. The Morgan fingerprint density at radius 2 is 1.94 bits per heavy atom. The molecule has 0 spiro atoms. The first-order valence-electron chi connectivity index (χ1n) is 5.53. The zero-order valence-corrected chi connectivity index (χ0v) is 10.7. The minimum atomic E-state index is -0.536. The molecule has 1 N–H and O–H groups in total. The fourth-order valence-corrected chi connectivity index (χ4v) is 2.32. The molecule has 1 aliphatic carbocycles. The van der Waals surface area contributed by atoms with Crippen molar-refractivity contribution in [2.45, 2.75) is 32.2 Å². The van der Waals surface area contributed by atoms with Crippen LogP contribution in [0.5, 0.6) is 0 Å². The van der Waals surface area contributed by atoms with Crippen LogP contribution in [-0.2, 0) is 0 Å². The Labute approximate surface area is 102 Å². The summed E-state index contributed by atoms with van der Waals surface area (Å²) in [6.07, 6.45) is 3.20. The van der Waals surface area contributed by atoms with Crippen molar-refractivity contribution in [3.05, 3.63) is 28.2 Å². The third kappa shape index (κ3) is 2.54. The van der Waals surface area contributed by atoms with E-state index in [1.807, 2.05) is 6.92 Å². The van der Waals surface area contributed by atoms with Crippen LogP contribution in [0.4, 0.5) is 14.5 Å². The van der Waals surface area contributed by atoms with Gasteiger partial charge in [-0.25, -0.2) is 8.78 Å². The number of hydrogen-bond acceptors (Lipinski definition) is 1. The van der Waals surface area contributed by atoms with Crippen molar-refractivity contribution in [2.75, 3.05) is 5.32 Å². The zero-order chi connectivity index (χ0) is 11.7. The summed E-state index contributed by atoms with van der Waals surface area (Å²) >= 11 is 3.06. The highest BCUT2D eigenvalue weighted by Gasteiger charge is 2.30. The van der Waals surface area contributed by atoms with Gasteiger partial charge in [-0.2, -0.15) is 0 Å². The SMILES string of the molecule is CCC(Nc1c(F)cc(Br)cc1F)C1CC1. The second-order valence-corrected chi connectivity index (χ2v) is 5.16. The first-order chi connectivity index (χ1) is 7.61. The summed E-state index contributed by atoms with van der Waals surface area (Å²) in [4.78, 5) is 0. The maximum Gasteiger partial charge on any atom is 0.150 e. The van der Waals surface area contributed by atoms with Crippen LogP contribution in [0.1, 0.15) is 26.2 Å². The summed E-state index contributed by atoms with van der Waals surface area (Å²) in [6, 6.07) is 2.75. The lowest BCUT2D eigenvalue weighted by Gasteiger charge is -2.18. The molecule has 0 radical (unpaired) electrons. The number of benzene rings is 1. The molecule has 88 valence electrons. The molecule has 1 aliphatic rings. The molecule has 1 nitrogen and oxygen atoms in total. The monoisotopic (exact) mass is 289 g/mol. The molecule has 0 bridgehead atoms. The molecule has 0 aromatic heterocycles. The summed E-state index contributed by atoms with van der Waals surface area (Å²) < 4.78 is 27.5. The highest BCUT2D eigenvalue weighted by atomic mass is 79.9. The Morgan fingerprint density at radius 3 is 2.38 bits per heavy atom. The van der Waals surface area contributed by atoms with Gasteiger partial charge in [0.2, 0.25) is 0 Å². The minimum absolute atomic E-state index is 0.00181. The van der Waals surface area contributed by atoms with Crippen LogP contribution in [-0.4, -0.2) is 6.04 Å². The minimum Gasteiger partial charge on any atom is -0.377 e. The van der Waals surface area contributed by atoms with Gasteiger partial charge in [-0.3, -0.25) is 0 Å². The van der Waals surface area contributed by atoms with Crippen LogP contribution in [0.2, 0.25) is 0 Å². The van der Waals surface area contributed by atoms with Crippen molar-refractivity contribution in [2.24, 2.45) is 5.92 Å². The Morgan fingerprint density at radius 1 is 1.38 bits per heavy atom. The van der Waals surface area contributed by atoms with Gasteiger partial charge in [-0.05, 0) is 37.3 Å². The standard InChI is InChI=1S/C12H14BrF2N/c1-2-11(7-3-4-7)16-12-9(14)5-8(13)6-10(12)15/h5-7,11,16H,2-4H2,1H3. The van der Waals surface area contributed by atoms with Crippen LogP contribution in [0, 0.1) is 17.6 Å². The first-order valence-corrected chi connectivity index (χ1v) is 6.32. The quantitative estimate of drug-likeness (QED) is 0.870. The first kappa shape index (κ1) is 11.8. The predicted molar refractivity (Wildman–Crippen MR) is 64.5 cm³/mol. The van der Waals surface area contributed by atoms with Gasteiger partial charge in [0.25, 0.3) is 0 Å². The van der Waals surface area contributed by atoms with E-state index in [4.69, 9.17) is 0 Å². The highest BCUT2D eigenvalue weighted by Crippen LogP contribution is 2.36. The third-order valence-electron chi connectivity index (χ3n) is 2.97. The number of halogens is 3. The summed E-state index contributed by atoms with van der Waals surface area (Å²) in [5.74, 6) is -0.496. The summed E-state index contributed by atoms with van der Waals surface area (Å²) in [5, 5.41) is 2.98. The molecule has 0 heterocycles.